The van der Waals surface area contributed by atoms with Crippen molar-refractivity contribution in [2.45, 2.75) is 38.8 Å². The van der Waals surface area contributed by atoms with Crippen LogP contribution in [0.2, 0.25) is 0 Å². The lowest BCUT2D eigenvalue weighted by Crippen LogP contribution is -2.51. The maximum Gasteiger partial charge on any atom is 0.416 e. The van der Waals surface area contributed by atoms with Crippen molar-refractivity contribution in [1.29, 1.82) is 0 Å². The number of nitrogens with zero attached hydrogens (tertiary/aromatic N) is 2. The van der Waals surface area contributed by atoms with Crippen molar-refractivity contribution < 1.29 is 27.5 Å². The fourth-order valence-corrected chi connectivity index (χ4v) is 4.93. The number of rotatable bonds is 6. The van der Waals surface area contributed by atoms with Crippen LogP contribution in [-0.2, 0) is 22.1 Å². The summed E-state index contributed by atoms with van der Waals surface area (Å²) in [6.07, 6.45) is -2.59. The first kappa shape index (κ1) is 25.6. The van der Waals surface area contributed by atoms with E-state index < -0.39 is 23.8 Å². The number of halogens is 3. The number of piperazine rings is 1. The molecule has 1 atom stereocenters. The standard InChI is InChI=1S/C27H30F3N3O3/c1-3-18-8-7-10-20-22(17-31-25(18)20)21(19-9-5-6-11-23(19)27(28,29)30)16-24(34)32-12-14-33(15-13-32)26(35)36-4-2/h5-11,17,21,31H,3-4,12-16H2,1-2H3. The van der Waals surface area contributed by atoms with Crippen LogP contribution < -0.4 is 0 Å². The van der Waals surface area contributed by atoms with Crippen LogP contribution in [0.4, 0.5) is 18.0 Å². The van der Waals surface area contributed by atoms with Crippen molar-refractivity contribution in [3.05, 3.63) is 70.9 Å². The number of H-pyrrole nitrogens is 1. The number of aromatic amines is 1. The second kappa shape index (κ2) is 10.6. The maximum absolute atomic E-state index is 14.0. The Morgan fingerprint density at radius 3 is 2.33 bits per heavy atom. The van der Waals surface area contributed by atoms with Gasteiger partial charge in [-0.05, 0) is 36.1 Å². The molecule has 1 unspecified atom stereocenters. The SMILES string of the molecule is CCOC(=O)N1CCN(C(=O)CC(c2ccccc2C(F)(F)F)c2c[nH]c3c(CC)cccc23)CC1. The number of ether oxygens (including phenoxy) is 1. The lowest BCUT2D eigenvalue weighted by atomic mass is 9.84. The molecule has 2 aromatic carbocycles. The third kappa shape index (κ3) is 5.20. The number of carbonyl (C=O) groups excluding carboxylic acids is 2. The summed E-state index contributed by atoms with van der Waals surface area (Å²) in [5, 5.41) is 0.816. The fourth-order valence-electron chi connectivity index (χ4n) is 4.93. The van der Waals surface area contributed by atoms with Crippen LogP contribution in [0.15, 0.2) is 48.7 Å². The summed E-state index contributed by atoms with van der Waals surface area (Å²) in [4.78, 5) is 31.8. The molecule has 192 valence electrons. The number of fused-ring (bicyclic) bond motifs is 1. The Labute approximate surface area is 208 Å². The Morgan fingerprint density at radius 2 is 1.67 bits per heavy atom. The van der Waals surface area contributed by atoms with E-state index in [-0.39, 0.29) is 24.5 Å². The van der Waals surface area contributed by atoms with Gasteiger partial charge in [-0.15, -0.1) is 0 Å². The predicted octanol–water partition coefficient (Wildman–Crippen LogP) is 5.57. The van der Waals surface area contributed by atoms with Crippen LogP contribution in [0.25, 0.3) is 10.9 Å². The normalized spacial score (nSPS) is 15.2. The van der Waals surface area contributed by atoms with Gasteiger partial charge in [-0.3, -0.25) is 4.79 Å². The highest BCUT2D eigenvalue weighted by atomic mass is 19.4. The molecule has 6 nitrogen and oxygen atoms in total. The van der Waals surface area contributed by atoms with Crippen LogP contribution in [-0.4, -0.2) is 59.6 Å². The van der Waals surface area contributed by atoms with E-state index in [1.54, 1.807) is 24.1 Å². The molecule has 4 rings (SSSR count). The van der Waals surface area contributed by atoms with Crippen molar-refractivity contribution >= 4 is 22.9 Å². The molecule has 36 heavy (non-hydrogen) atoms. The first-order valence-electron chi connectivity index (χ1n) is 12.2. The largest absolute Gasteiger partial charge is 0.450 e. The number of amides is 2. The van der Waals surface area contributed by atoms with Crippen molar-refractivity contribution in [2.75, 3.05) is 32.8 Å². The number of benzene rings is 2. The van der Waals surface area contributed by atoms with Gasteiger partial charge in [0.25, 0.3) is 0 Å². The van der Waals surface area contributed by atoms with E-state index in [1.165, 1.54) is 17.0 Å². The van der Waals surface area contributed by atoms with E-state index in [1.807, 2.05) is 25.1 Å². The lowest BCUT2D eigenvalue weighted by Gasteiger charge is -2.35. The zero-order valence-electron chi connectivity index (χ0n) is 20.4. The summed E-state index contributed by atoms with van der Waals surface area (Å²) >= 11 is 0. The first-order valence-corrected chi connectivity index (χ1v) is 12.2. The van der Waals surface area contributed by atoms with Gasteiger partial charge in [0.05, 0.1) is 12.2 Å². The van der Waals surface area contributed by atoms with Crippen LogP contribution in [0.3, 0.4) is 0 Å². The Kier molecular flexibility index (Phi) is 7.56. The number of alkyl halides is 3. The van der Waals surface area contributed by atoms with Gasteiger partial charge in [0.2, 0.25) is 5.91 Å². The summed E-state index contributed by atoms with van der Waals surface area (Å²) in [6.45, 7) is 5.26. The third-order valence-electron chi connectivity index (χ3n) is 6.77. The molecule has 3 aromatic rings. The summed E-state index contributed by atoms with van der Waals surface area (Å²) in [7, 11) is 0. The van der Waals surface area contributed by atoms with Gasteiger partial charge in [-0.25, -0.2) is 4.79 Å². The molecule has 0 aliphatic carbocycles. The van der Waals surface area contributed by atoms with Crippen LogP contribution in [0, 0.1) is 0 Å². The predicted molar refractivity (Wildman–Crippen MR) is 131 cm³/mol. The van der Waals surface area contributed by atoms with Gasteiger partial charge >= 0.3 is 12.3 Å². The van der Waals surface area contributed by atoms with Crippen LogP contribution >= 0.6 is 0 Å². The molecule has 1 saturated heterocycles. The monoisotopic (exact) mass is 501 g/mol. The highest BCUT2D eigenvalue weighted by Crippen LogP contribution is 2.41. The van der Waals surface area contributed by atoms with Crippen LogP contribution in [0.1, 0.15) is 48.4 Å². The quantitative estimate of drug-likeness (QED) is 0.480. The lowest BCUT2D eigenvalue weighted by molar-refractivity contribution is -0.139. The minimum Gasteiger partial charge on any atom is -0.450 e. The summed E-state index contributed by atoms with van der Waals surface area (Å²) in [6, 6.07) is 11.2. The molecule has 1 aromatic heterocycles. The molecule has 2 amide bonds. The molecule has 1 fully saturated rings. The number of nitrogens with one attached hydrogen (secondary N) is 1. The first-order chi connectivity index (χ1) is 17.2. The molecule has 1 N–H and O–H groups in total. The number of hydrogen-bond donors (Lipinski definition) is 1. The van der Waals surface area contributed by atoms with E-state index >= 15 is 0 Å². The highest BCUT2D eigenvalue weighted by molar-refractivity contribution is 5.88. The van der Waals surface area contributed by atoms with Crippen molar-refractivity contribution in [2.24, 2.45) is 0 Å². The Bertz CT molecular complexity index is 1230. The average Bonchev–Trinajstić information content (AvgIpc) is 3.31. The molecule has 1 aliphatic rings. The number of hydrogen-bond acceptors (Lipinski definition) is 3. The fraction of sp³-hybridized carbons (Fsp3) is 0.407. The Balaban J connectivity index is 1.67. The molecule has 0 saturated carbocycles. The van der Waals surface area contributed by atoms with Gasteiger partial charge in [0.15, 0.2) is 0 Å². The summed E-state index contributed by atoms with van der Waals surface area (Å²) in [5.41, 5.74) is 1.93. The Hall–Kier alpha value is -3.49. The minimum absolute atomic E-state index is 0.0753. The van der Waals surface area contributed by atoms with Gasteiger partial charge in [0, 0.05) is 55.6 Å². The molecule has 1 aliphatic heterocycles. The number of carbonyl (C=O) groups is 2. The van der Waals surface area contributed by atoms with Gasteiger partial charge in [-0.1, -0.05) is 43.3 Å². The average molecular weight is 502 g/mol. The van der Waals surface area contributed by atoms with Gasteiger partial charge in [-0.2, -0.15) is 13.2 Å². The molecule has 0 spiro atoms. The van der Waals surface area contributed by atoms with Gasteiger partial charge < -0.3 is 19.5 Å². The summed E-state index contributed by atoms with van der Waals surface area (Å²) < 4.78 is 47.0. The number of para-hydroxylation sites is 1. The minimum atomic E-state index is -4.55. The van der Waals surface area contributed by atoms with E-state index in [2.05, 4.69) is 4.98 Å². The van der Waals surface area contributed by atoms with E-state index in [4.69, 9.17) is 4.74 Å². The molecule has 0 radical (unpaired) electrons. The molecule has 9 heteroatoms. The van der Waals surface area contributed by atoms with Crippen molar-refractivity contribution in [3.63, 3.8) is 0 Å². The van der Waals surface area contributed by atoms with Gasteiger partial charge in [0.1, 0.15) is 0 Å². The summed E-state index contributed by atoms with van der Waals surface area (Å²) in [5.74, 6) is -1.04. The second-order valence-corrected chi connectivity index (χ2v) is 8.85. The van der Waals surface area contributed by atoms with Crippen molar-refractivity contribution in [3.8, 4) is 0 Å². The number of aromatic nitrogens is 1. The van der Waals surface area contributed by atoms with E-state index in [9.17, 15) is 22.8 Å². The zero-order chi connectivity index (χ0) is 25.9. The molecule has 2 heterocycles. The third-order valence-corrected chi connectivity index (χ3v) is 6.77. The zero-order valence-corrected chi connectivity index (χ0v) is 20.4. The molecular weight excluding hydrogens is 471 g/mol. The van der Waals surface area contributed by atoms with Crippen molar-refractivity contribution in [1.82, 2.24) is 14.8 Å². The van der Waals surface area contributed by atoms with Crippen LogP contribution in [0.5, 0.6) is 0 Å². The van der Waals surface area contributed by atoms with E-state index in [0.29, 0.717) is 31.7 Å². The highest BCUT2D eigenvalue weighted by Gasteiger charge is 2.37. The topological polar surface area (TPSA) is 65.6 Å². The maximum atomic E-state index is 14.0. The number of aryl methyl sites for hydroxylation is 1. The smallest absolute Gasteiger partial charge is 0.416 e. The Morgan fingerprint density at radius 1 is 0.972 bits per heavy atom. The molecule has 0 bridgehead atoms. The second-order valence-electron chi connectivity index (χ2n) is 8.85. The molecular formula is C27H30F3N3O3. The van der Waals surface area contributed by atoms with E-state index in [0.717, 1.165) is 29.0 Å².